The molecule has 5 aromatic rings. The van der Waals surface area contributed by atoms with Gasteiger partial charge in [-0.05, 0) is 67.0 Å². The van der Waals surface area contributed by atoms with Crippen LogP contribution < -0.4 is 5.14 Å². The molecule has 6 rings (SSSR count). The first-order valence-electron chi connectivity index (χ1n) is 15.5. The fraction of sp³-hybridized carbons (Fsp3) is 0.243. The van der Waals surface area contributed by atoms with Crippen molar-refractivity contribution in [2.75, 3.05) is 0 Å². The molecule has 1 unspecified atom stereocenters. The van der Waals surface area contributed by atoms with Crippen LogP contribution in [-0.2, 0) is 32.4 Å². The number of hydrogen-bond acceptors (Lipinski definition) is 6. The number of hydrogen-bond donors (Lipinski definition) is 2. The number of aliphatic hydroxyl groups excluding tert-OH is 1. The Morgan fingerprint density at radius 3 is 2.02 bits per heavy atom. The second kappa shape index (κ2) is 12.9. The van der Waals surface area contributed by atoms with E-state index in [0.29, 0.717) is 54.4 Å². The highest BCUT2D eigenvalue weighted by Crippen LogP contribution is 2.43. The van der Waals surface area contributed by atoms with Gasteiger partial charge in [0.05, 0.1) is 22.3 Å². The number of rotatable bonds is 11. The Hall–Kier alpha value is -4.73. The summed E-state index contributed by atoms with van der Waals surface area (Å²) in [6, 6.07) is 34.4. The van der Waals surface area contributed by atoms with Crippen molar-refractivity contribution in [2.45, 2.75) is 62.1 Å². The zero-order valence-corrected chi connectivity index (χ0v) is 26.5. The largest absolute Gasteiger partial charge is 0.512 e. The number of primary sulfonamides is 1. The molecule has 0 saturated heterocycles. The van der Waals surface area contributed by atoms with Crippen LogP contribution in [0.5, 0.6) is 0 Å². The number of nitrogens with zero attached hydrogens (tertiary/aromatic N) is 2. The summed E-state index contributed by atoms with van der Waals surface area (Å²) >= 11 is 0. The molecule has 1 aromatic heterocycles. The van der Waals surface area contributed by atoms with Crippen LogP contribution in [0.4, 0.5) is 0 Å². The number of sulfonamides is 1. The maximum absolute atomic E-state index is 14.1. The quantitative estimate of drug-likeness (QED) is 0.152. The second-order valence-electron chi connectivity index (χ2n) is 11.9. The topological polar surface area (TPSA) is 125 Å². The molecule has 0 saturated carbocycles. The van der Waals surface area contributed by atoms with Crippen molar-refractivity contribution < 1.29 is 23.1 Å². The first kappa shape index (κ1) is 31.3. The smallest absolute Gasteiger partial charge is 0.338 e. The predicted molar refractivity (Wildman–Crippen MR) is 178 cm³/mol. The van der Waals surface area contributed by atoms with E-state index in [1.165, 1.54) is 4.57 Å². The summed E-state index contributed by atoms with van der Waals surface area (Å²) in [5, 5.41) is 17.1. The zero-order valence-electron chi connectivity index (χ0n) is 25.7. The van der Waals surface area contributed by atoms with Gasteiger partial charge in [0.25, 0.3) is 10.0 Å². The molecule has 46 heavy (non-hydrogen) atoms. The molecule has 9 heteroatoms. The summed E-state index contributed by atoms with van der Waals surface area (Å²) in [7, 11) is -4.21. The van der Waals surface area contributed by atoms with Crippen LogP contribution in [0.25, 0.3) is 16.7 Å². The number of nitrogens with two attached hydrogens (primary N) is 1. The number of fused-ring (bicyclic) bond motifs is 1. The molecule has 0 fully saturated rings. The lowest BCUT2D eigenvalue weighted by Crippen LogP contribution is -2.42. The van der Waals surface area contributed by atoms with E-state index < -0.39 is 27.5 Å². The molecule has 0 bridgehead atoms. The minimum absolute atomic E-state index is 0.00110. The summed E-state index contributed by atoms with van der Waals surface area (Å²) in [5.74, 6) is -1.14. The highest BCUT2D eigenvalue weighted by molar-refractivity contribution is 7.89. The number of aliphatic hydroxyl groups is 1. The van der Waals surface area contributed by atoms with Crippen LogP contribution in [0.2, 0.25) is 0 Å². The lowest BCUT2D eigenvalue weighted by atomic mass is 9.79. The molecular formula is C37H37N3O5S. The van der Waals surface area contributed by atoms with Crippen molar-refractivity contribution in [1.82, 2.24) is 9.55 Å². The number of ether oxygens (including phenoxy) is 1. The summed E-state index contributed by atoms with van der Waals surface area (Å²) in [4.78, 5) is 18.4. The van der Waals surface area contributed by atoms with Crippen molar-refractivity contribution >= 4 is 27.0 Å². The summed E-state index contributed by atoms with van der Waals surface area (Å²) in [6.45, 7) is 1.92. The van der Waals surface area contributed by atoms with E-state index in [9.17, 15) is 18.3 Å². The van der Waals surface area contributed by atoms with E-state index in [4.69, 9.17) is 9.88 Å². The minimum atomic E-state index is -4.21. The molecule has 4 aromatic carbocycles. The fourth-order valence-corrected chi connectivity index (χ4v) is 7.26. The first-order valence-corrected chi connectivity index (χ1v) is 17.1. The summed E-state index contributed by atoms with van der Waals surface area (Å²) < 4.78 is 33.4. The van der Waals surface area contributed by atoms with Crippen LogP contribution in [-0.4, -0.2) is 34.6 Å². The number of aromatic nitrogens is 2. The molecule has 236 valence electrons. The van der Waals surface area contributed by atoms with Gasteiger partial charge in [0, 0.05) is 12.3 Å². The lowest BCUT2D eigenvalue weighted by molar-refractivity contribution is -0.161. The molecule has 8 nitrogen and oxygen atoms in total. The number of carbonyl (C=O) groups excluding carboxylic acids is 1. The Labute approximate surface area is 269 Å². The van der Waals surface area contributed by atoms with Crippen molar-refractivity contribution in [3.05, 3.63) is 137 Å². The third-order valence-corrected chi connectivity index (χ3v) is 9.63. The molecule has 1 aliphatic rings. The molecule has 3 N–H and O–H groups in total. The van der Waals surface area contributed by atoms with E-state index >= 15 is 0 Å². The van der Waals surface area contributed by atoms with Gasteiger partial charge in [-0.2, -0.15) is 0 Å². The minimum Gasteiger partial charge on any atom is -0.512 e. The van der Waals surface area contributed by atoms with E-state index in [2.05, 4.69) is 29.2 Å². The Kier molecular flexibility index (Phi) is 8.80. The van der Waals surface area contributed by atoms with Crippen molar-refractivity contribution in [2.24, 2.45) is 5.14 Å². The monoisotopic (exact) mass is 635 g/mol. The number of cyclic esters (lactones) is 1. The molecule has 1 atom stereocenters. The second-order valence-corrected chi connectivity index (χ2v) is 13.3. The molecule has 1 aliphatic heterocycles. The highest BCUT2D eigenvalue weighted by Gasteiger charge is 2.44. The van der Waals surface area contributed by atoms with Gasteiger partial charge in [-0.25, -0.2) is 23.3 Å². The van der Waals surface area contributed by atoms with Crippen molar-refractivity contribution in [3.8, 4) is 5.69 Å². The summed E-state index contributed by atoms with van der Waals surface area (Å²) in [6.07, 6.45) is 3.12. The van der Waals surface area contributed by atoms with Gasteiger partial charge in [-0.3, -0.25) is 4.57 Å². The van der Waals surface area contributed by atoms with Crippen molar-refractivity contribution in [1.29, 1.82) is 0 Å². The van der Waals surface area contributed by atoms with Gasteiger partial charge in [-0.15, -0.1) is 0 Å². The number of imidazole rings is 1. The molecule has 0 amide bonds. The normalized spacial score (nSPS) is 15.6. The average molecular weight is 636 g/mol. The maximum Gasteiger partial charge on any atom is 0.338 e. The standard InChI is InChI=1S/C37H37N3O5S/c1-2-28(29-17-9-11-19-31(29)40-32-20-12-10-18-30(32)39-36(40)46(38,43)44)34-33(41)25-37(45-35(34)42,23-21-26-13-5-3-6-14-26)24-22-27-15-7-4-8-16-27/h3-20,28,41H,2,21-25H2,1H3,(H2,38,43,44). The Morgan fingerprint density at radius 1 is 0.870 bits per heavy atom. The van der Waals surface area contributed by atoms with Crippen LogP contribution >= 0.6 is 0 Å². The lowest BCUT2D eigenvalue weighted by Gasteiger charge is -2.39. The molecule has 2 heterocycles. The number of carbonyl (C=O) groups is 1. The van der Waals surface area contributed by atoms with E-state index in [1.54, 1.807) is 36.4 Å². The van der Waals surface area contributed by atoms with Crippen LogP contribution in [0.15, 0.2) is 126 Å². The van der Waals surface area contributed by atoms with E-state index in [0.717, 1.165) is 11.1 Å². The Balaban J connectivity index is 1.40. The number of esters is 1. The summed E-state index contributed by atoms with van der Waals surface area (Å²) in [5.41, 5.74) is 3.73. The highest BCUT2D eigenvalue weighted by atomic mass is 32.2. The molecular weight excluding hydrogens is 598 g/mol. The van der Waals surface area contributed by atoms with E-state index in [-0.39, 0.29) is 22.9 Å². The van der Waals surface area contributed by atoms with Gasteiger partial charge in [-0.1, -0.05) is 97.9 Å². The van der Waals surface area contributed by atoms with Crippen molar-refractivity contribution in [3.63, 3.8) is 0 Å². The Bertz CT molecular complexity index is 1960. The Morgan fingerprint density at radius 2 is 1.43 bits per heavy atom. The van der Waals surface area contributed by atoms with E-state index in [1.807, 2.05) is 55.5 Å². The fourth-order valence-electron chi connectivity index (χ4n) is 6.58. The number of aryl methyl sites for hydroxylation is 2. The van der Waals surface area contributed by atoms with Gasteiger partial charge >= 0.3 is 5.97 Å². The zero-order chi connectivity index (χ0) is 32.3. The van der Waals surface area contributed by atoms with Gasteiger partial charge in [0.15, 0.2) is 0 Å². The first-order chi connectivity index (χ1) is 22.2. The maximum atomic E-state index is 14.1. The van der Waals surface area contributed by atoms with Gasteiger partial charge in [0.1, 0.15) is 11.4 Å². The van der Waals surface area contributed by atoms with Gasteiger partial charge < -0.3 is 9.84 Å². The molecule has 0 aliphatic carbocycles. The third-order valence-electron chi connectivity index (χ3n) is 8.85. The van der Waals surface area contributed by atoms with Crippen LogP contribution in [0.3, 0.4) is 0 Å². The molecule has 0 radical (unpaired) electrons. The molecule has 0 spiro atoms. The number of para-hydroxylation sites is 3. The number of benzene rings is 4. The SMILES string of the molecule is CCC(C1=C(O)CC(CCc2ccccc2)(CCc2ccccc2)OC1=O)c1ccccc1-n1c(S(N)(=O)=O)nc2ccccc21. The third kappa shape index (κ3) is 6.34. The van der Waals surface area contributed by atoms with Crippen LogP contribution in [0, 0.1) is 0 Å². The predicted octanol–water partition coefficient (Wildman–Crippen LogP) is 6.93. The average Bonchev–Trinajstić information content (AvgIpc) is 3.46. The van der Waals surface area contributed by atoms with Crippen LogP contribution in [0.1, 0.15) is 55.2 Å². The van der Waals surface area contributed by atoms with Gasteiger partial charge in [0.2, 0.25) is 5.16 Å².